The molecule has 0 spiro atoms. The van der Waals surface area contributed by atoms with Crippen LogP contribution in [0.3, 0.4) is 0 Å². The molecule has 1 rings (SSSR count). The Morgan fingerprint density at radius 1 is 1.28 bits per heavy atom. The van der Waals surface area contributed by atoms with Crippen molar-refractivity contribution in [1.82, 2.24) is 5.32 Å². The fourth-order valence-corrected chi connectivity index (χ4v) is 2.56. The molecule has 1 amide bonds. The van der Waals surface area contributed by atoms with E-state index in [2.05, 4.69) is 5.32 Å². The van der Waals surface area contributed by atoms with E-state index in [1.807, 2.05) is 34.6 Å². The van der Waals surface area contributed by atoms with Crippen LogP contribution in [0.2, 0.25) is 0 Å². The maximum absolute atomic E-state index is 11.8. The zero-order valence-electron chi connectivity index (χ0n) is 12.2. The largest absolute Gasteiger partial charge is 0.444 e. The smallest absolute Gasteiger partial charge is 0.408 e. The zero-order valence-corrected chi connectivity index (χ0v) is 12.2. The maximum Gasteiger partial charge on any atom is 0.408 e. The molecule has 0 saturated heterocycles. The first kappa shape index (κ1) is 15.3. The fourth-order valence-electron chi connectivity index (χ4n) is 2.56. The van der Waals surface area contributed by atoms with Gasteiger partial charge in [0.25, 0.3) is 0 Å². The Hall–Kier alpha value is -0.770. The summed E-state index contributed by atoms with van der Waals surface area (Å²) in [5.41, 5.74) is -0.754. The predicted octanol–water partition coefficient (Wildman–Crippen LogP) is 2.70. The molecule has 0 aromatic heterocycles. The summed E-state index contributed by atoms with van der Waals surface area (Å²) in [4.78, 5) is 11.8. The van der Waals surface area contributed by atoms with Gasteiger partial charge in [0.2, 0.25) is 0 Å². The molecule has 0 radical (unpaired) electrons. The van der Waals surface area contributed by atoms with Crippen LogP contribution in [-0.2, 0) is 4.74 Å². The topological polar surface area (TPSA) is 58.6 Å². The third-order valence-corrected chi connectivity index (χ3v) is 3.64. The van der Waals surface area contributed by atoms with Crippen LogP contribution < -0.4 is 5.32 Å². The lowest BCUT2D eigenvalue weighted by atomic mass is 9.85. The zero-order chi connectivity index (χ0) is 14.0. The Labute approximate surface area is 110 Å². The molecule has 1 fully saturated rings. The van der Waals surface area contributed by atoms with Crippen molar-refractivity contribution in [3.63, 3.8) is 0 Å². The Morgan fingerprint density at radius 2 is 1.89 bits per heavy atom. The van der Waals surface area contributed by atoms with Crippen molar-refractivity contribution in [1.29, 1.82) is 0 Å². The third-order valence-electron chi connectivity index (χ3n) is 3.64. The van der Waals surface area contributed by atoms with Gasteiger partial charge in [0, 0.05) is 12.1 Å². The van der Waals surface area contributed by atoms with E-state index in [-0.39, 0.29) is 18.2 Å². The van der Waals surface area contributed by atoms with Crippen LogP contribution in [0.5, 0.6) is 0 Å². The van der Waals surface area contributed by atoms with Gasteiger partial charge in [-0.2, -0.15) is 0 Å². The summed E-state index contributed by atoms with van der Waals surface area (Å²) in [5, 5.41) is 12.1. The van der Waals surface area contributed by atoms with Gasteiger partial charge in [0.15, 0.2) is 0 Å². The normalized spacial score (nSPS) is 25.0. The van der Waals surface area contributed by atoms with Crippen molar-refractivity contribution in [2.75, 3.05) is 6.61 Å². The molecule has 106 valence electrons. The van der Waals surface area contributed by atoms with Crippen LogP contribution in [0.15, 0.2) is 0 Å². The third kappa shape index (κ3) is 4.48. The van der Waals surface area contributed by atoms with Crippen molar-refractivity contribution in [2.24, 2.45) is 11.8 Å². The van der Waals surface area contributed by atoms with E-state index in [9.17, 15) is 9.90 Å². The van der Waals surface area contributed by atoms with Gasteiger partial charge in [-0.1, -0.05) is 0 Å². The van der Waals surface area contributed by atoms with E-state index in [1.165, 1.54) is 0 Å². The van der Waals surface area contributed by atoms with Crippen LogP contribution in [0.4, 0.5) is 4.79 Å². The molecule has 2 N–H and O–H groups in total. The highest BCUT2D eigenvalue weighted by Gasteiger charge is 2.37. The first-order valence-corrected chi connectivity index (χ1v) is 6.76. The van der Waals surface area contributed by atoms with Crippen LogP contribution >= 0.6 is 0 Å². The van der Waals surface area contributed by atoms with Gasteiger partial charge in [-0.25, -0.2) is 4.79 Å². The molecule has 1 saturated carbocycles. The molecular formula is C14H27NO3. The summed E-state index contributed by atoms with van der Waals surface area (Å²) in [6.07, 6.45) is 2.70. The number of rotatable bonds is 3. The minimum absolute atomic E-state index is 0.249. The first-order chi connectivity index (χ1) is 8.14. The number of amides is 1. The first-order valence-electron chi connectivity index (χ1n) is 6.76. The Bertz CT molecular complexity index is 294. The van der Waals surface area contributed by atoms with E-state index < -0.39 is 5.60 Å². The van der Waals surface area contributed by atoms with Crippen LogP contribution in [0.25, 0.3) is 0 Å². The lowest BCUT2D eigenvalue weighted by molar-refractivity contribution is 0.0435. The van der Waals surface area contributed by atoms with Gasteiger partial charge in [0.05, 0.1) is 0 Å². The van der Waals surface area contributed by atoms with Gasteiger partial charge in [-0.3, -0.25) is 0 Å². The molecule has 1 unspecified atom stereocenters. The average molecular weight is 257 g/mol. The fraction of sp³-hybridized carbons (Fsp3) is 0.929. The molecule has 4 heteroatoms. The Morgan fingerprint density at radius 3 is 2.33 bits per heavy atom. The van der Waals surface area contributed by atoms with Crippen molar-refractivity contribution < 1.29 is 14.6 Å². The predicted molar refractivity (Wildman–Crippen MR) is 71.4 cm³/mol. The summed E-state index contributed by atoms with van der Waals surface area (Å²) in [6.45, 7) is 9.88. The molecule has 0 bridgehead atoms. The number of carbonyl (C=O) groups is 1. The number of aliphatic hydroxyl groups is 1. The Kier molecular flexibility index (Phi) is 4.65. The molecule has 0 heterocycles. The summed E-state index contributed by atoms with van der Waals surface area (Å²) in [5.74, 6) is 0.789. The summed E-state index contributed by atoms with van der Waals surface area (Å²) >= 11 is 0. The molecule has 0 aromatic carbocycles. The standard InChI is InChI=1S/C14H27NO3/c1-13(2,3)18-12(17)15-14(4,5)11-7-6-10(8-11)9-16/h10-11,16H,6-9H2,1-5H3,(H,15,17)/t10-,11?/m0/s1. The highest BCUT2D eigenvalue weighted by Crippen LogP contribution is 2.37. The highest BCUT2D eigenvalue weighted by molar-refractivity contribution is 5.68. The van der Waals surface area contributed by atoms with Crippen molar-refractivity contribution >= 4 is 6.09 Å². The second-order valence-corrected chi connectivity index (χ2v) is 6.91. The second kappa shape index (κ2) is 5.47. The molecule has 1 aliphatic rings. The number of aliphatic hydroxyl groups excluding tert-OH is 1. The Balaban J connectivity index is 2.52. The molecule has 0 aliphatic heterocycles. The average Bonchev–Trinajstić information content (AvgIpc) is 2.61. The lowest BCUT2D eigenvalue weighted by Gasteiger charge is -2.34. The molecular weight excluding hydrogens is 230 g/mol. The minimum atomic E-state index is -0.469. The van der Waals surface area contributed by atoms with Gasteiger partial charge in [0.1, 0.15) is 5.60 Å². The van der Waals surface area contributed by atoms with E-state index in [1.54, 1.807) is 0 Å². The quantitative estimate of drug-likeness (QED) is 0.817. The van der Waals surface area contributed by atoms with E-state index in [4.69, 9.17) is 4.74 Å². The second-order valence-electron chi connectivity index (χ2n) is 6.91. The monoisotopic (exact) mass is 257 g/mol. The number of carbonyl (C=O) groups excluding carboxylic acids is 1. The number of nitrogens with one attached hydrogen (secondary N) is 1. The van der Waals surface area contributed by atoms with E-state index in [0.29, 0.717) is 11.8 Å². The van der Waals surface area contributed by atoms with E-state index >= 15 is 0 Å². The van der Waals surface area contributed by atoms with E-state index in [0.717, 1.165) is 19.3 Å². The summed E-state index contributed by atoms with van der Waals surface area (Å²) in [6, 6.07) is 0. The number of hydrogen-bond acceptors (Lipinski definition) is 3. The van der Waals surface area contributed by atoms with Gasteiger partial charge >= 0.3 is 6.09 Å². The summed E-state index contributed by atoms with van der Waals surface area (Å²) < 4.78 is 5.29. The van der Waals surface area contributed by atoms with Crippen LogP contribution in [0, 0.1) is 11.8 Å². The van der Waals surface area contributed by atoms with Crippen molar-refractivity contribution in [3.8, 4) is 0 Å². The number of alkyl carbamates (subject to hydrolysis) is 1. The molecule has 18 heavy (non-hydrogen) atoms. The lowest BCUT2D eigenvalue weighted by Crippen LogP contribution is -2.50. The maximum atomic E-state index is 11.8. The van der Waals surface area contributed by atoms with Crippen molar-refractivity contribution in [2.45, 2.75) is 65.0 Å². The van der Waals surface area contributed by atoms with Gasteiger partial charge in [-0.15, -0.1) is 0 Å². The van der Waals surface area contributed by atoms with Crippen LogP contribution in [0.1, 0.15) is 53.9 Å². The molecule has 4 nitrogen and oxygen atoms in total. The SMILES string of the molecule is CC(C)(C)OC(=O)NC(C)(C)C1CC[C@H](CO)C1. The minimum Gasteiger partial charge on any atom is -0.444 e. The summed E-state index contributed by atoms with van der Waals surface area (Å²) in [7, 11) is 0. The number of ether oxygens (including phenoxy) is 1. The molecule has 1 aliphatic carbocycles. The van der Waals surface area contributed by atoms with Gasteiger partial charge < -0.3 is 15.2 Å². The van der Waals surface area contributed by atoms with Crippen LogP contribution in [-0.4, -0.2) is 28.9 Å². The molecule has 0 aromatic rings. The van der Waals surface area contributed by atoms with Crippen molar-refractivity contribution in [3.05, 3.63) is 0 Å². The van der Waals surface area contributed by atoms with Gasteiger partial charge in [-0.05, 0) is 65.7 Å². The number of hydrogen-bond donors (Lipinski definition) is 2. The molecule has 2 atom stereocenters. The highest BCUT2D eigenvalue weighted by atomic mass is 16.6.